The van der Waals surface area contributed by atoms with Crippen LogP contribution in [0.1, 0.15) is 5.56 Å². The fourth-order valence-corrected chi connectivity index (χ4v) is 2.04. The van der Waals surface area contributed by atoms with Crippen molar-refractivity contribution in [2.24, 2.45) is 0 Å². The van der Waals surface area contributed by atoms with Crippen molar-refractivity contribution in [2.45, 2.75) is 6.92 Å². The van der Waals surface area contributed by atoms with Crippen LogP contribution in [-0.2, 0) is 0 Å². The van der Waals surface area contributed by atoms with Crippen molar-refractivity contribution in [1.29, 1.82) is 0 Å². The van der Waals surface area contributed by atoms with Crippen LogP contribution in [-0.4, -0.2) is 5.11 Å². The van der Waals surface area contributed by atoms with Crippen molar-refractivity contribution in [1.82, 2.24) is 0 Å². The zero-order valence-corrected chi connectivity index (χ0v) is 9.23. The second-order valence-corrected chi connectivity index (χ2v) is 4.03. The van der Waals surface area contributed by atoms with Crippen molar-refractivity contribution in [3.63, 3.8) is 0 Å². The molecule has 84 valence electrons. The highest BCUT2D eigenvalue weighted by atomic mass is 16.4. The Morgan fingerprint density at radius 2 is 1.88 bits per heavy atom. The number of hydrogen-bond acceptors (Lipinski definition) is 3. The van der Waals surface area contributed by atoms with Gasteiger partial charge in [-0.1, -0.05) is 18.2 Å². The van der Waals surface area contributed by atoms with Crippen LogP contribution in [0.2, 0.25) is 0 Å². The highest BCUT2D eigenvalue weighted by molar-refractivity contribution is 5.93. The minimum absolute atomic E-state index is 0.00606. The van der Waals surface area contributed by atoms with Crippen LogP contribution in [0.4, 0.5) is 0 Å². The van der Waals surface area contributed by atoms with Gasteiger partial charge in [-0.15, -0.1) is 0 Å². The van der Waals surface area contributed by atoms with Crippen LogP contribution < -0.4 is 5.43 Å². The number of para-hydroxylation sites is 1. The fraction of sp³-hybridized carbons (Fsp3) is 0.0714. The van der Waals surface area contributed by atoms with Crippen LogP contribution in [0.25, 0.3) is 21.9 Å². The van der Waals surface area contributed by atoms with E-state index in [4.69, 9.17) is 4.42 Å². The molecule has 0 atom stereocenters. The van der Waals surface area contributed by atoms with Crippen molar-refractivity contribution in [3.05, 3.63) is 52.2 Å². The molecular formula is C14H10O3. The lowest BCUT2D eigenvalue weighted by molar-refractivity contribution is 0.467. The lowest BCUT2D eigenvalue weighted by atomic mass is 10.1. The maximum atomic E-state index is 12.3. The van der Waals surface area contributed by atoms with E-state index in [1.165, 1.54) is 6.07 Å². The third-order valence-corrected chi connectivity index (χ3v) is 2.92. The molecule has 2 aromatic carbocycles. The van der Waals surface area contributed by atoms with Crippen LogP contribution in [0.5, 0.6) is 5.75 Å². The summed E-state index contributed by atoms with van der Waals surface area (Å²) in [5.74, 6) is -0.00606. The predicted molar refractivity (Wildman–Crippen MR) is 66.4 cm³/mol. The summed E-state index contributed by atoms with van der Waals surface area (Å²) in [6, 6.07) is 10.3. The Morgan fingerprint density at radius 1 is 1.12 bits per heavy atom. The molecule has 0 bridgehead atoms. The highest BCUT2D eigenvalue weighted by Crippen LogP contribution is 2.27. The monoisotopic (exact) mass is 226 g/mol. The SMILES string of the molecule is Cc1ccc(O)c2oc3ccccc3c(=O)c12. The smallest absolute Gasteiger partial charge is 0.200 e. The van der Waals surface area contributed by atoms with Gasteiger partial charge in [-0.2, -0.15) is 0 Å². The molecule has 0 radical (unpaired) electrons. The Morgan fingerprint density at radius 3 is 2.71 bits per heavy atom. The molecule has 0 unspecified atom stereocenters. The van der Waals surface area contributed by atoms with E-state index in [0.29, 0.717) is 16.4 Å². The molecule has 3 aromatic rings. The molecule has 0 amide bonds. The lowest BCUT2D eigenvalue weighted by Gasteiger charge is -2.04. The molecule has 3 nitrogen and oxygen atoms in total. The van der Waals surface area contributed by atoms with Gasteiger partial charge in [0.05, 0.1) is 10.8 Å². The van der Waals surface area contributed by atoms with E-state index in [0.717, 1.165) is 5.56 Å². The molecule has 1 N–H and O–H groups in total. The van der Waals surface area contributed by atoms with Gasteiger partial charge in [0.2, 0.25) is 5.43 Å². The van der Waals surface area contributed by atoms with Crippen LogP contribution in [0, 0.1) is 6.92 Å². The van der Waals surface area contributed by atoms with Gasteiger partial charge < -0.3 is 9.52 Å². The van der Waals surface area contributed by atoms with Crippen molar-refractivity contribution < 1.29 is 9.52 Å². The first-order valence-electron chi connectivity index (χ1n) is 5.32. The third-order valence-electron chi connectivity index (χ3n) is 2.92. The second kappa shape index (κ2) is 3.35. The van der Waals surface area contributed by atoms with Gasteiger partial charge >= 0.3 is 0 Å². The van der Waals surface area contributed by atoms with E-state index in [1.807, 2.05) is 6.92 Å². The van der Waals surface area contributed by atoms with Gasteiger partial charge in [0.15, 0.2) is 11.3 Å². The average molecular weight is 226 g/mol. The van der Waals surface area contributed by atoms with E-state index in [1.54, 1.807) is 30.3 Å². The lowest BCUT2D eigenvalue weighted by Crippen LogP contribution is -2.03. The Bertz CT molecular complexity index is 784. The van der Waals surface area contributed by atoms with Gasteiger partial charge in [0.1, 0.15) is 5.58 Å². The van der Waals surface area contributed by atoms with Crippen molar-refractivity contribution in [3.8, 4) is 5.75 Å². The van der Waals surface area contributed by atoms with E-state index >= 15 is 0 Å². The molecule has 3 rings (SSSR count). The number of hydrogen-bond donors (Lipinski definition) is 1. The van der Waals surface area contributed by atoms with Gasteiger partial charge in [-0.25, -0.2) is 0 Å². The molecule has 0 aliphatic carbocycles. The average Bonchev–Trinajstić information content (AvgIpc) is 2.34. The van der Waals surface area contributed by atoms with E-state index in [2.05, 4.69) is 0 Å². The topological polar surface area (TPSA) is 50.4 Å². The largest absolute Gasteiger partial charge is 0.504 e. The van der Waals surface area contributed by atoms with Gasteiger partial charge in [0, 0.05) is 0 Å². The first-order valence-corrected chi connectivity index (χ1v) is 5.32. The zero-order chi connectivity index (χ0) is 12.0. The van der Waals surface area contributed by atoms with E-state index in [9.17, 15) is 9.90 Å². The summed E-state index contributed by atoms with van der Waals surface area (Å²) in [6.07, 6.45) is 0. The van der Waals surface area contributed by atoms with Gasteiger partial charge in [0.25, 0.3) is 0 Å². The number of aromatic hydroxyl groups is 1. The summed E-state index contributed by atoms with van der Waals surface area (Å²) in [5, 5.41) is 10.7. The number of benzene rings is 2. The predicted octanol–water partition coefficient (Wildman–Crippen LogP) is 2.96. The Labute approximate surface area is 96.9 Å². The van der Waals surface area contributed by atoms with Crippen molar-refractivity contribution in [2.75, 3.05) is 0 Å². The summed E-state index contributed by atoms with van der Waals surface area (Å²) in [4.78, 5) is 12.3. The molecular weight excluding hydrogens is 216 g/mol. The maximum absolute atomic E-state index is 12.3. The molecule has 0 aliphatic heterocycles. The zero-order valence-electron chi connectivity index (χ0n) is 9.23. The fourth-order valence-electron chi connectivity index (χ4n) is 2.04. The van der Waals surface area contributed by atoms with E-state index in [-0.39, 0.29) is 16.8 Å². The van der Waals surface area contributed by atoms with Crippen molar-refractivity contribution >= 4 is 21.9 Å². The van der Waals surface area contributed by atoms with Gasteiger partial charge in [-0.3, -0.25) is 4.79 Å². The molecule has 0 fully saturated rings. The normalized spacial score (nSPS) is 11.1. The Kier molecular flexibility index (Phi) is 1.95. The summed E-state index contributed by atoms with van der Waals surface area (Å²) >= 11 is 0. The standard InChI is InChI=1S/C14H10O3/c1-8-6-7-10(15)14-12(8)13(16)9-4-2-3-5-11(9)17-14/h2-7,15H,1H3. The quantitative estimate of drug-likeness (QED) is 0.599. The molecule has 1 aromatic heterocycles. The minimum atomic E-state index is -0.102. The second-order valence-electron chi connectivity index (χ2n) is 4.03. The number of phenolic OH excluding ortho intramolecular Hbond substituents is 1. The first kappa shape index (κ1) is 9.90. The Hall–Kier alpha value is -2.29. The number of rotatable bonds is 0. The summed E-state index contributed by atoms with van der Waals surface area (Å²) in [6.45, 7) is 1.83. The third kappa shape index (κ3) is 1.32. The molecule has 1 heterocycles. The maximum Gasteiger partial charge on any atom is 0.200 e. The number of fused-ring (bicyclic) bond motifs is 2. The molecule has 0 saturated carbocycles. The number of phenols is 1. The molecule has 0 saturated heterocycles. The Balaban J connectivity index is 2.69. The minimum Gasteiger partial charge on any atom is -0.504 e. The molecule has 17 heavy (non-hydrogen) atoms. The molecule has 0 spiro atoms. The highest BCUT2D eigenvalue weighted by Gasteiger charge is 2.12. The number of aryl methyl sites for hydroxylation is 1. The first-order chi connectivity index (χ1) is 8.18. The summed E-state index contributed by atoms with van der Waals surface area (Å²) in [5.41, 5.74) is 1.45. The van der Waals surface area contributed by atoms with E-state index < -0.39 is 0 Å². The van der Waals surface area contributed by atoms with Crippen LogP contribution >= 0.6 is 0 Å². The van der Waals surface area contributed by atoms with Crippen LogP contribution in [0.3, 0.4) is 0 Å². The van der Waals surface area contributed by atoms with Crippen LogP contribution in [0.15, 0.2) is 45.6 Å². The summed E-state index contributed by atoms with van der Waals surface area (Å²) in [7, 11) is 0. The molecule has 0 aliphatic rings. The molecule has 3 heteroatoms. The summed E-state index contributed by atoms with van der Waals surface area (Å²) < 4.78 is 5.59. The van der Waals surface area contributed by atoms with Gasteiger partial charge in [-0.05, 0) is 30.7 Å².